The Balaban J connectivity index is 1.80. The molecule has 6 heteroatoms. The molecule has 2 aromatic carbocycles. The summed E-state index contributed by atoms with van der Waals surface area (Å²) in [5.41, 5.74) is 1.41. The van der Waals surface area contributed by atoms with Gasteiger partial charge in [-0.25, -0.2) is 13.6 Å². The van der Waals surface area contributed by atoms with E-state index in [9.17, 15) is 13.6 Å². The second kappa shape index (κ2) is 8.12. The van der Waals surface area contributed by atoms with Crippen LogP contribution in [0.1, 0.15) is 18.1 Å². The number of rotatable bonds is 6. The summed E-state index contributed by atoms with van der Waals surface area (Å²) in [6, 6.07) is 10.0. The number of amides is 2. The van der Waals surface area contributed by atoms with Crippen molar-refractivity contribution in [1.82, 2.24) is 10.6 Å². The molecule has 2 amide bonds. The van der Waals surface area contributed by atoms with E-state index >= 15 is 0 Å². The first-order valence-corrected chi connectivity index (χ1v) is 7.26. The highest BCUT2D eigenvalue weighted by molar-refractivity contribution is 5.73. The molecule has 122 valence electrons. The quantitative estimate of drug-likeness (QED) is 0.857. The first kappa shape index (κ1) is 16.7. The molecule has 23 heavy (non-hydrogen) atoms. The highest BCUT2D eigenvalue weighted by atomic mass is 19.1. The lowest BCUT2D eigenvalue weighted by Gasteiger charge is -2.09. The van der Waals surface area contributed by atoms with E-state index in [4.69, 9.17) is 4.74 Å². The van der Waals surface area contributed by atoms with Crippen LogP contribution in [0.15, 0.2) is 42.5 Å². The molecule has 0 aliphatic carbocycles. The molecule has 0 fully saturated rings. The summed E-state index contributed by atoms with van der Waals surface area (Å²) in [5, 5.41) is 5.27. The predicted molar refractivity (Wildman–Crippen MR) is 83.0 cm³/mol. The monoisotopic (exact) mass is 320 g/mol. The topological polar surface area (TPSA) is 50.4 Å². The van der Waals surface area contributed by atoms with Gasteiger partial charge in [0.05, 0.1) is 6.61 Å². The third-order valence-corrected chi connectivity index (χ3v) is 3.12. The molecule has 0 aromatic heterocycles. The van der Waals surface area contributed by atoms with Gasteiger partial charge in [0.1, 0.15) is 5.82 Å². The SMILES string of the molecule is CCOc1ccc(CNC(=O)NCc2ccc(F)cc2)cc1F. The van der Waals surface area contributed by atoms with Crippen LogP contribution in [0.5, 0.6) is 5.75 Å². The first-order chi connectivity index (χ1) is 11.1. The van der Waals surface area contributed by atoms with Crippen molar-refractivity contribution < 1.29 is 18.3 Å². The Labute approximate surface area is 133 Å². The average Bonchev–Trinajstić information content (AvgIpc) is 2.55. The van der Waals surface area contributed by atoms with Gasteiger partial charge in [0, 0.05) is 13.1 Å². The Morgan fingerprint density at radius 1 is 1.00 bits per heavy atom. The summed E-state index contributed by atoms with van der Waals surface area (Å²) in [7, 11) is 0. The summed E-state index contributed by atoms with van der Waals surface area (Å²) >= 11 is 0. The number of ether oxygens (including phenoxy) is 1. The normalized spacial score (nSPS) is 10.2. The molecule has 0 saturated carbocycles. The molecule has 0 atom stereocenters. The standard InChI is InChI=1S/C17H18F2N2O2/c1-2-23-16-8-5-13(9-15(16)19)11-21-17(22)20-10-12-3-6-14(18)7-4-12/h3-9H,2,10-11H2,1H3,(H2,20,21,22). The van der Waals surface area contributed by atoms with Crippen molar-refractivity contribution >= 4 is 6.03 Å². The van der Waals surface area contributed by atoms with Crippen molar-refractivity contribution in [1.29, 1.82) is 0 Å². The fourth-order valence-electron chi connectivity index (χ4n) is 1.96. The van der Waals surface area contributed by atoms with Crippen molar-refractivity contribution in [2.24, 2.45) is 0 Å². The van der Waals surface area contributed by atoms with Crippen molar-refractivity contribution in [2.45, 2.75) is 20.0 Å². The maximum atomic E-state index is 13.7. The number of carbonyl (C=O) groups is 1. The zero-order valence-electron chi connectivity index (χ0n) is 12.7. The Kier molecular flexibility index (Phi) is 5.91. The number of hydrogen-bond acceptors (Lipinski definition) is 2. The third-order valence-electron chi connectivity index (χ3n) is 3.12. The Bertz CT molecular complexity index is 660. The molecule has 4 nitrogen and oxygen atoms in total. The molecule has 0 radical (unpaired) electrons. The molecular formula is C17H18F2N2O2. The molecule has 0 aliphatic rings. The van der Waals surface area contributed by atoms with E-state index in [2.05, 4.69) is 10.6 Å². The van der Waals surface area contributed by atoms with E-state index in [-0.39, 0.29) is 30.7 Å². The zero-order chi connectivity index (χ0) is 16.7. The molecule has 0 spiro atoms. The largest absolute Gasteiger partial charge is 0.491 e. The minimum atomic E-state index is -0.460. The van der Waals surface area contributed by atoms with E-state index < -0.39 is 5.82 Å². The Hall–Kier alpha value is -2.63. The van der Waals surface area contributed by atoms with Crippen LogP contribution in [0.25, 0.3) is 0 Å². The van der Waals surface area contributed by atoms with Crippen molar-refractivity contribution in [3.63, 3.8) is 0 Å². The van der Waals surface area contributed by atoms with E-state index in [1.807, 2.05) is 0 Å². The molecular weight excluding hydrogens is 302 g/mol. The summed E-state index contributed by atoms with van der Waals surface area (Å²) in [6.07, 6.45) is 0. The summed E-state index contributed by atoms with van der Waals surface area (Å²) in [5.74, 6) is -0.592. The van der Waals surface area contributed by atoms with Gasteiger partial charge in [0.15, 0.2) is 11.6 Å². The summed E-state index contributed by atoms with van der Waals surface area (Å²) in [6.45, 7) is 2.64. The van der Waals surface area contributed by atoms with Gasteiger partial charge in [0.25, 0.3) is 0 Å². The molecule has 0 heterocycles. The fourth-order valence-corrected chi connectivity index (χ4v) is 1.96. The van der Waals surface area contributed by atoms with Gasteiger partial charge < -0.3 is 15.4 Å². The van der Waals surface area contributed by atoms with Gasteiger partial charge in [-0.15, -0.1) is 0 Å². The van der Waals surface area contributed by atoms with Crippen molar-refractivity contribution in [3.8, 4) is 5.75 Å². The van der Waals surface area contributed by atoms with E-state index in [1.165, 1.54) is 24.3 Å². The lowest BCUT2D eigenvalue weighted by Crippen LogP contribution is -2.34. The molecule has 0 aliphatic heterocycles. The second-order valence-electron chi connectivity index (χ2n) is 4.86. The molecule has 0 bridgehead atoms. The van der Waals surface area contributed by atoms with Gasteiger partial charge in [-0.2, -0.15) is 0 Å². The van der Waals surface area contributed by atoms with Crippen LogP contribution in [-0.2, 0) is 13.1 Å². The smallest absolute Gasteiger partial charge is 0.315 e. The van der Waals surface area contributed by atoms with Crippen LogP contribution in [0.3, 0.4) is 0 Å². The van der Waals surface area contributed by atoms with Crippen LogP contribution < -0.4 is 15.4 Å². The number of hydrogen-bond donors (Lipinski definition) is 2. The summed E-state index contributed by atoms with van der Waals surface area (Å²) < 4.78 is 31.6. The van der Waals surface area contributed by atoms with Crippen LogP contribution in [0, 0.1) is 11.6 Å². The Morgan fingerprint density at radius 3 is 2.22 bits per heavy atom. The molecule has 2 aromatic rings. The lowest BCUT2D eigenvalue weighted by atomic mass is 10.2. The molecule has 0 saturated heterocycles. The van der Waals surface area contributed by atoms with Crippen molar-refractivity contribution in [2.75, 3.05) is 6.61 Å². The molecule has 0 unspecified atom stereocenters. The third kappa shape index (κ3) is 5.25. The minimum absolute atomic E-state index is 0.192. The van der Waals surface area contributed by atoms with E-state index in [1.54, 1.807) is 25.1 Å². The van der Waals surface area contributed by atoms with Crippen LogP contribution >= 0.6 is 0 Å². The van der Waals surface area contributed by atoms with Crippen LogP contribution in [0.4, 0.5) is 13.6 Å². The molecule has 2 N–H and O–H groups in total. The van der Waals surface area contributed by atoms with Gasteiger partial charge in [-0.3, -0.25) is 0 Å². The number of benzene rings is 2. The van der Waals surface area contributed by atoms with Crippen molar-refractivity contribution in [3.05, 3.63) is 65.2 Å². The maximum Gasteiger partial charge on any atom is 0.315 e. The summed E-state index contributed by atoms with van der Waals surface area (Å²) in [4.78, 5) is 11.7. The predicted octanol–water partition coefficient (Wildman–Crippen LogP) is 3.36. The average molecular weight is 320 g/mol. The number of nitrogens with one attached hydrogen (secondary N) is 2. The van der Waals surface area contributed by atoms with E-state index in [0.717, 1.165) is 5.56 Å². The van der Waals surface area contributed by atoms with Crippen LogP contribution in [-0.4, -0.2) is 12.6 Å². The number of carbonyl (C=O) groups excluding carboxylic acids is 1. The number of urea groups is 1. The van der Waals surface area contributed by atoms with Gasteiger partial charge in [0.2, 0.25) is 0 Å². The van der Waals surface area contributed by atoms with Crippen LogP contribution in [0.2, 0.25) is 0 Å². The highest BCUT2D eigenvalue weighted by Crippen LogP contribution is 2.18. The minimum Gasteiger partial charge on any atom is -0.491 e. The lowest BCUT2D eigenvalue weighted by molar-refractivity contribution is 0.240. The first-order valence-electron chi connectivity index (χ1n) is 7.26. The van der Waals surface area contributed by atoms with Gasteiger partial charge in [-0.1, -0.05) is 18.2 Å². The fraction of sp³-hybridized carbons (Fsp3) is 0.235. The van der Waals surface area contributed by atoms with Gasteiger partial charge in [-0.05, 0) is 42.3 Å². The van der Waals surface area contributed by atoms with E-state index in [0.29, 0.717) is 12.2 Å². The highest BCUT2D eigenvalue weighted by Gasteiger charge is 2.06. The van der Waals surface area contributed by atoms with Gasteiger partial charge >= 0.3 is 6.03 Å². The zero-order valence-corrected chi connectivity index (χ0v) is 12.7. The number of halogens is 2. The maximum absolute atomic E-state index is 13.7. The second-order valence-corrected chi connectivity index (χ2v) is 4.86. The Morgan fingerprint density at radius 2 is 1.61 bits per heavy atom. The molecule has 2 rings (SSSR count).